The molecule has 2 aromatic rings. The molecule has 1 aromatic heterocycles. The zero-order valence-corrected chi connectivity index (χ0v) is 9.98. The zero-order chi connectivity index (χ0) is 11.7. The zero-order valence-electron chi connectivity index (χ0n) is 9.98. The molecule has 1 aromatic carbocycles. The van der Waals surface area contributed by atoms with Gasteiger partial charge >= 0.3 is 0 Å². The Labute approximate surface area is 102 Å². The molecule has 0 unspecified atom stereocenters. The highest BCUT2D eigenvalue weighted by atomic mass is 14.7. The van der Waals surface area contributed by atoms with Crippen LogP contribution in [-0.2, 0) is 6.42 Å². The van der Waals surface area contributed by atoms with Crippen molar-refractivity contribution < 1.29 is 0 Å². The van der Waals surface area contributed by atoms with Gasteiger partial charge in [-0.3, -0.25) is 4.98 Å². The van der Waals surface area contributed by atoms with E-state index in [2.05, 4.69) is 55.5 Å². The van der Waals surface area contributed by atoms with Gasteiger partial charge in [-0.05, 0) is 31.4 Å². The maximum absolute atomic E-state index is 4.76. The van der Waals surface area contributed by atoms with Crippen molar-refractivity contribution in [3.8, 4) is 11.3 Å². The molecule has 0 aliphatic heterocycles. The van der Waals surface area contributed by atoms with Gasteiger partial charge in [0, 0.05) is 11.3 Å². The summed E-state index contributed by atoms with van der Waals surface area (Å²) < 4.78 is 0. The summed E-state index contributed by atoms with van der Waals surface area (Å²) in [5, 5.41) is 0. The second kappa shape index (κ2) is 4.17. The largest absolute Gasteiger partial charge is 0.252 e. The van der Waals surface area contributed by atoms with Crippen molar-refractivity contribution in [3.63, 3.8) is 0 Å². The number of aryl methyl sites for hydroxylation is 2. The van der Waals surface area contributed by atoms with Crippen molar-refractivity contribution >= 4 is 6.08 Å². The van der Waals surface area contributed by atoms with Gasteiger partial charge in [-0.15, -0.1) is 0 Å². The van der Waals surface area contributed by atoms with Gasteiger partial charge in [0.25, 0.3) is 0 Å². The normalized spacial score (nSPS) is 13.5. The van der Waals surface area contributed by atoms with Crippen LogP contribution < -0.4 is 0 Å². The van der Waals surface area contributed by atoms with Crippen molar-refractivity contribution in [2.75, 3.05) is 0 Å². The van der Waals surface area contributed by atoms with Crippen molar-refractivity contribution in [2.45, 2.75) is 19.8 Å². The minimum Gasteiger partial charge on any atom is -0.252 e. The molecule has 84 valence electrons. The van der Waals surface area contributed by atoms with E-state index in [-0.39, 0.29) is 0 Å². The minimum atomic E-state index is 1.06. The van der Waals surface area contributed by atoms with Crippen molar-refractivity contribution in [1.82, 2.24) is 4.98 Å². The quantitative estimate of drug-likeness (QED) is 0.708. The van der Waals surface area contributed by atoms with E-state index in [1.54, 1.807) is 0 Å². The van der Waals surface area contributed by atoms with Crippen LogP contribution >= 0.6 is 0 Å². The first kappa shape index (κ1) is 10.3. The highest BCUT2D eigenvalue weighted by Crippen LogP contribution is 2.23. The number of aromatic nitrogens is 1. The topological polar surface area (TPSA) is 12.9 Å². The molecule has 3 rings (SSSR count). The van der Waals surface area contributed by atoms with Crippen LogP contribution in [0.25, 0.3) is 17.3 Å². The molecule has 0 radical (unpaired) electrons. The molecule has 1 heteroatoms. The summed E-state index contributed by atoms with van der Waals surface area (Å²) in [5.74, 6) is 0. The summed E-state index contributed by atoms with van der Waals surface area (Å²) in [6.07, 6.45) is 6.56. The van der Waals surface area contributed by atoms with Gasteiger partial charge in [0.05, 0.1) is 5.69 Å². The lowest BCUT2D eigenvalue weighted by Crippen LogP contribution is -1.99. The maximum Gasteiger partial charge on any atom is 0.0705 e. The van der Waals surface area contributed by atoms with Gasteiger partial charge in [-0.25, -0.2) is 0 Å². The van der Waals surface area contributed by atoms with E-state index in [1.807, 2.05) is 0 Å². The average molecular weight is 221 g/mol. The standard InChI is InChI=1S/C16H15N/c1-12-6-8-14(9-7-12)16-11-10-13-4-2-3-5-15(13)17-16/h2,4,6-11H,3,5H2,1H3. The van der Waals surface area contributed by atoms with Crippen LogP contribution in [0.15, 0.2) is 42.5 Å². The second-order valence-electron chi connectivity index (χ2n) is 4.54. The molecule has 0 fully saturated rings. The van der Waals surface area contributed by atoms with Gasteiger partial charge < -0.3 is 0 Å². The predicted molar refractivity (Wildman–Crippen MR) is 71.8 cm³/mol. The Morgan fingerprint density at radius 3 is 2.65 bits per heavy atom. The molecular weight excluding hydrogens is 206 g/mol. The smallest absolute Gasteiger partial charge is 0.0705 e. The fourth-order valence-electron chi connectivity index (χ4n) is 2.18. The molecule has 0 bridgehead atoms. The highest BCUT2D eigenvalue weighted by Gasteiger charge is 2.07. The number of nitrogens with zero attached hydrogens (tertiary/aromatic N) is 1. The van der Waals surface area contributed by atoms with Crippen molar-refractivity contribution in [3.05, 3.63) is 59.3 Å². The molecule has 1 aliphatic carbocycles. The van der Waals surface area contributed by atoms with Gasteiger partial charge in [0.15, 0.2) is 0 Å². The lowest BCUT2D eigenvalue weighted by Gasteiger charge is -2.11. The molecule has 1 nitrogen and oxygen atoms in total. The number of pyridine rings is 1. The van der Waals surface area contributed by atoms with E-state index in [0.717, 1.165) is 18.5 Å². The van der Waals surface area contributed by atoms with Crippen LogP contribution in [0.4, 0.5) is 0 Å². The SMILES string of the molecule is Cc1ccc(-c2ccc3c(n2)CCC=C3)cc1. The van der Waals surface area contributed by atoms with Crippen LogP contribution in [0.3, 0.4) is 0 Å². The number of rotatable bonds is 1. The summed E-state index contributed by atoms with van der Waals surface area (Å²) in [7, 11) is 0. The van der Waals surface area contributed by atoms with Gasteiger partial charge in [0.1, 0.15) is 0 Å². The van der Waals surface area contributed by atoms with Crippen LogP contribution in [0, 0.1) is 6.92 Å². The molecule has 0 amide bonds. The third-order valence-electron chi connectivity index (χ3n) is 3.20. The van der Waals surface area contributed by atoms with Crippen LogP contribution in [0.2, 0.25) is 0 Å². The summed E-state index contributed by atoms with van der Waals surface area (Å²) in [4.78, 5) is 4.76. The van der Waals surface area contributed by atoms with Gasteiger partial charge in [-0.1, -0.05) is 48.0 Å². The average Bonchev–Trinajstić information content (AvgIpc) is 2.39. The van der Waals surface area contributed by atoms with Crippen LogP contribution in [0.1, 0.15) is 23.2 Å². The molecule has 1 aliphatic rings. The summed E-state index contributed by atoms with van der Waals surface area (Å²) >= 11 is 0. The van der Waals surface area contributed by atoms with Crippen LogP contribution in [0.5, 0.6) is 0 Å². The summed E-state index contributed by atoms with van der Waals surface area (Å²) in [6.45, 7) is 2.11. The Kier molecular flexibility index (Phi) is 2.52. The monoisotopic (exact) mass is 221 g/mol. The molecule has 1 heterocycles. The third kappa shape index (κ3) is 2.01. The Morgan fingerprint density at radius 2 is 1.82 bits per heavy atom. The number of benzene rings is 1. The fourth-order valence-corrected chi connectivity index (χ4v) is 2.18. The first-order valence-electron chi connectivity index (χ1n) is 6.06. The third-order valence-corrected chi connectivity index (χ3v) is 3.20. The van der Waals surface area contributed by atoms with E-state index in [9.17, 15) is 0 Å². The lowest BCUT2D eigenvalue weighted by molar-refractivity contribution is 0.929. The molecule has 0 saturated heterocycles. The predicted octanol–water partition coefficient (Wildman–Crippen LogP) is 4.02. The first-order chi connectivity index (χ1) is 8.33. The van der Waals surface area contributed by atoms with Gasteiger partial charge in [-0.2, -0.15) is 0 Å². The second-order valence-corrected chi connectivity index (χ2v) is 4.54. The minimum absolute atomic E-state index is 1.06. The molecule has 0 N–H and O–H groups in total. The Bertz CT molecular complexity index is 565. The molecular formula is C16H15N. The Balaban J connectivity index is 2.04. The van der Waals surface area contributed by atoms with Crippen LogP contribution in [-0.4, -0.2) is 4.98 Å². The first-order valence-corrected chi connectivity index (χ1v) is 6.06. The molecule has 0 spiro atoms. The lowest BCUT2D eigenvalue weighted by atomic mass is 10.0. The van der Waals surface area contributed by atoms with E-state index >= 15 is 0 Å². The Hall–Kier alpha value is -1.89. The van der Waals surface area contributed by atoms with E-state index < -0.39 is 0 Å². The summed E-state index contributed by atoms with van der Waals surface area (Å²) in [6, 6.07) is 12.8. The molecule has 0 saturated carbocycles. The van der Waals surface area contributed by atoms with Gasteiger partial charge in [0.2, 0.25) is 0 Å². The Morgan fingerprint density at radius 1 is 1.00 bits per heavy atom. The molecule has 0 atom stereocenters. The van der Waals surface area contributed by atoms with E-state index in [4.69, 9.17) is 4.98 Å². The highest BCUT2D eigenvalue weighted by molar-refractivity contribution is 5.63. The maximum atomic E-state index is 4.76. The molecule has 17 heavy (non-hydrogen) atoms. The van der Waals surface area contributed by atoms with Crippen molar-refractivity contribution in [2.24, 2.45) is 0 Å². The van der Waals surface area contributed by atoms with E-state index in [1.165, 1.54) is 22.4 Å². The fraction of sp³-hybridized carbons (Fsp3) is 0.188. The number of allylic oxidation sites excluding steroid dienone is 1. The van der Waals surface area contributed by atoms with E-state index in [0.29, 0.717) is 0 Å². The number of fused-ring (bicyclic) bond motifs is 1. The van der Waals surface area contributed by atoms with Crippen molar-refractivity contribution in [1.29, 1.82) is 0 Å². The number of hydrogen-bond donors (Lipinski definition) is 0. The number of hydrogen-bond acceptors (Lipinski definition) is 1. The summed E-state index contributed by atoms with van der Waals surface area (Å²) in [5.41, 5.74) is 6.07.